The van der Waals surface area contributed by atoms with E-state index in [0.717, 1.165) is 11.0 Å². The van der Waals surface area contributed by atoms with Crippen molar-refractivity contribution in [2.24, 2.45) is 5.92 Å². The Morgan fingerprint density at radius 1 is 1.27 bits per heavy atom. The summed E-state index contributed by atoms with van der Waals surface area (Å²) in [6.07, 6.45) is 6.59. The molecule has 26 heavy (non-hydrogen) atoms. The molecule has 2 aromatic rings. The number of hydrogen-bond acceptors (Lipinski definition) is 4. The molecule has 1 aromatic carbocycles. The lowest BCUT2D eigenvalue weighted by molar-refractivity contribution is -0.119. The van der Waals surface area contributed by atoms with Gasteiger partial charge >= 0.3 is 0 Å². The summed E-state index contributed by atoms with van der Waals surface area (Å²) in [5.41, 5.74) is 1.19. The highest BCUT2D eigenvalue weighted by Gasteiger charge is 2.33. The third kappa shape index (κ3) is 4.01. The Morgan fingerprint density at radius 2 is 2.04 bits per heavy atom. The monoisotopic (exact) mass is 368 g/mol. The Labute approximate surface area is 158 Å². The summed E-state index contributed by atoms with van der Waals surface area (Å²) < 4.78 is 2.10. The maximum absolute atomic E-state index is 12.5. The van der Waals surface area contributed by atoms with Crippen LogP contribution in [0.4, 0.5) is 0 Å². The number of carbonyl (C=O) groups excluding carboxylic acids is 1. The molecule has 2 aliphatic rings. The van der Waals surface area contributed by atoms with Crippen LogP contribution in [0.2, 0.25) is 0 Å². The van der Waals surface area contributed by atoms with E-state index in [-0.39, 0.29) is 11.9 Å². The molecule has 2 fully saturated rings. The van der Waals surface area contributed by atoms with Crippen molar-refractivity contribution in [3.63, 3.8) is 0 Å². The first-order valence-electron chi connectivity index (χ1n) is 9.27. The summed E-state index contributed by atoms with van der Waals surface area (Å²) in [4.78, 5) is 12.5. The fraction of sp³-hybridized carbons (Fsp3) is 0.450. The van der Waals surface area contributed by atoms with Gasteiger partial charge in [0.2, 0.25) is 5.91 Å². The minimum absolute atomic E-state index is 0.0527. The Bertz CT molecular complexity index is 780. The smallest absolute Gasteiger partial charge is 0.230 e. The second-order valence-corrected chi connectivity index (χ2v) is 8.04. The first-order valence-corrected chi connectivity index (χ1v) is 10.3. The number of thioether (sulfide) groups is 1. The molecular formula is C20H24N4OS. The SMILES string of the molecule is C=CCn1c(SCC(=O)NC(c2ccccc2)C2CC2)nnc1C1CC1. The lowest BCUT2D eigenvalue weighted by atomic mass is 10.0. The molecular weight excluding hydrogens is 344 g/mol. The Hall–Kier alpha value is -2.08. The van der Waals surface area contributed by atoms with Crippen LogP contribution in [0, 0.1) is 5.92 Å². The van der Waals surface area contributed by atoms with Crippen molar-refractivity contribution < 1.29 is 4.79 Å². The predicted octanol–water partition coefficient (Wildman–Crippen LogP) is 3.70. The molecule has 136 valence electrons. The summed E-state index contributed by atoms with van der Waals surface area (Å²) in [5, 5.41) is 12.7. The molecule has 1 aromatic heterocycles. The van der Waals surface area contributed by atoms with Crippen LogP contribution >= 0.6 is 11.8 Å². The van der Waals surface area contributed by atoms with E-state index < -0.39 is 0 Å². The Morgan fingerprint density at radius 3 is 2.69 bits per heavy atom. The lowest BCUT2D eigenvalue weighted by Gasteiger charge is -2.18. The van der Waals surface area contributed by atoms with Gasteiger partial charge in [0.25, 0.3) is 0 Å². The third-order valence-electron chi connectivity index (χ3n) is 4.90. The van der Waals surface area contributed by atoms with Crippen LogP contribution in [0.3, 0.4) is 0 Å². The molecule has 1 unspecified atom stereocenters. The third-order valence-corrected chi connectivity index (χ3v) is 5.87. The summed E-state index contributed by atoms with van der Waals surface area (Å²) in [6, 6.07) is 10.4. The number of nitrogens with zero attached hydrogens (tertiary/aromatic N) is 3. The van der Waals surface area contributed by atoms with E-state index in [2.05, 4.69) is 38.8 Å². The number of nitrogens with one attached hydrogen (secondary N) is 1. The molecule has 0 aliphatic heterocycles. The van der Waals surface area contributed by atoms with Gasteiger partial charge in [-0.2, -0.15) is 0 Å². The molecule has 0 saturated heterocycles. The quantitative estimate of drug-likeness (QED) is 0.541. The molecule has 1 heterocycles. The van der Waals surface area contributed by atoms with Gasteiger partial charge in [0, 0.05) is 12.5 Å². The number of hydrogen-bond donors (Lipinski definition) is 1. The van der Waals surface area contributed by atoms with Gasteiger partial charge in [-0.25, -0.2) is 0 Å². The fourth-order valence-electron chi connectivity index (χ4n) is 3.26. The Kier molecular flexibility index (Phi) is 5.11. The molecule has 6 heteroatoms. The molecule has 2 aliphatic carbocycles. The van der Waals surface area contributed by atoms with Crippen LogP contribution in [-0.4, -0.2) is 26.4 Å². The van der Waals surface area contributed by atoms with Gasteiger partial charge in [-0.05, 0) is 37.2 Å². The molecule has 2 saturated carbocycles. The second-order valence-electron chi connectivity index (χ2n) is 7.10. The molecule has 0 spiro atoms. The van der Waals surface area contributed by atoms with Crippen LogP contribution in [0.15, 0.2) is 48.1 Å². The van der Waals surface area contributed by atoms with E-state index in [1.54, 1.807) is 0 Å². The first kappa shape index (κ1) is 17.3. The molecule has 1 atom stereocenters. The average molecular weight is 369 g/mol. The minimum Gasteiger partial charge on any atom is -0.348 e. The number of allylic oxidation sites excluding steroid dienone is 1. The van der Waals surface area contributed by atoms with Gasteiger partial charge < -0.3 is 9.88 Å². The van der Waals surface area contributed by atoms with Crippen molar-refractivity contribution in [3.8, 4) is 0 Å². The average Bonchev–Trinajstić information content (AvgIpc) is 3.58. The van der Waals surface area contributed by atoms with E-state index in [4.69, 9.17) is 0 Å². The van der Waals surface area contributed by atoms with Gasteiger partial charge in [0.05, 0.1) is 11.8 Å². The molecule has 4 rings (SSSR count). The first-order chi connectivity index (χ1) is 12.8. The van der Waals surface area contributed by atoms with Crippen molar-refractivity contribution in [1.29, 1.82) is 0 Å². The molecule has 0 radical (unpaired) electrons. The minimum atomic E-state index is 0.0527. The van der Waals surface area contributed by atoms with Crippen LogP contribution in [0.1, 0.15) is 49.0 Å². The molecule has 1 N–H and O–H groups in total. The second kappa shape index (κ2) is 7.66. The van der Waals surface area contributed by atoms with Crippen molar-refractivity contribution in [2.45, 2.75) is 49.3 Å². The van der Waals surface area contributed by atoms with Crippen LogP contribution in [0.5, 0.6) is 0 Å². The highest BCUT2D eigenvalue weighted by Crippen LogP contribution is 2.41. The number of carbonyl (C=O) groups is 1. The summed E-state index contributed by atoms with van der Waals surface area (Å²) in [5.74, 6) is 2.54. The number of amides is 1. The molecule has 1 amide bonds. The Balaban J connectivity index is 1.38. The summed E-state index contributed by atoms with van der Waals surface area (Å²) in [6.45, 7) is 4.52. The molecule has 5 nitrogen and oxygen atoms in total. The summed E-state index contributed by atoms with van der Waals surface area (Å²) >= 11 is 1.46. The zero-order valence-corrected chi connectivity index (χ0v) is 15.6. The standard InChI is InChI=1S/C20H24N4OS/c1-2-12-24-19(16-10-11-16)22-23-20(24)26-13-17(25)21-18(15-8-9-15)14-6-4-3-5-7-14/h2-7,15-16,18H,1,8-13H2,(H,21,25). The van der Waals surface area contributed by atoms with Crippen molar-refractivity contribution in [3.05, 3.63) is 54.4 Å². The van der Waals surface area contributed by atoms with Crippen molar-refractivity contribution in [1.82, 2.24) is 20.1 Å². The highest BCUT2D eigenvalue weighted by molar-refractivity contribution is 7.99. The van der Waals surface area contributed by atoms with Crippen molar-refractivity contribution >= 4 is 17.7 Å². The highest BCUT2D eigenvalue weighted by atomic mass is 32.2. The molecule has 0 bridgehead atoms. The fourth-order valence-corrected chi connectivity index (χ4v) is 4.03. The lowest BCUT2D eigenvalue weighted by Crippen LogP contribution is -2.31. The van der Waals surface area contributed by atoms with E-state index in [1.165, 1.54) is 43.0 Å². The van der Waals surface area contributed by atoms with E-state index >= 15 is 0 Å². The number of rotatable bonds is 9. The predicted molar refractivity (Wildman–Crippen MR) is 103 cm³/mol. The largest absolute Gasteiger partial charge is 0.348 e. The normalized spacial score (nSPS) is 17.7. The number of aromatic nitrogens is 3. The van der Waals surface area contributed by atoms with Gasteiger partial charge in [0.1, 0.15) is 5.82 Å². The van der Waals surface area contributed by atoms with Gasteiger partial charge in [-0.15, -0.1) is 16.8 Å². The van der Waals surface area contributed by atoms with Crippen LogP contribution < -0.4 is 5.32 Å². The van der Waals surface area contributed by atoms with Gasteiger partial charge in [-0.3, -0.25) is 4.79 Å². The number of benzene rings is 1. The van der Waals surface area contributed by atoms with E-state index in [0.29, 0.717) is 24.1 Å². The van der Waals surface area contributed by atoms with Crippen molar-refractivity contribution in [2.75, 3.05) is 5.75 Å². The van der Waals surface area contributed by atoms with Crippen LogP contribution in [0.25, 0.3) is 0 Å². The topological polar surface area (TPSA) is 59.8 Å². The zero-order valence-electron chi connectivity index (χ0n) is 14.8. The van der Waals surface area contributed by atoms with E-state index in [9.17, 15) is 4.79 Å². The maximum Gasteiger partial charge on any atom is 0.230 e. The zero-order chi connectivity index (χ0) is 17.9. The van der Waals surface area contributed by atoms with E-state index in [1.807, 2.05) is 24.3 Å². The van der Waals surface area contributed by atoms with Gasteiger partial charge in [0.15, 0.2) is 5.16 Å². The maximum atomic E-state index is 12.5. The van der Waals surface area contributed by atoms with Crippen LogP contribution in [-0.2, 0) is 11.3 Å². The summed E-state index contributed by atoms with van der Waals surface area (Å²) in [7, 11) is 0. The van der Waals surface area contributed by atoms with Gasteiger partial charge in [-0.1, -0.05) is 48.2 Å².